The van der Waals surface area contributed by atoms with Crippen molar-refractivity contribution in [1.82, 2.24) is 0 Å². The number of rotatable bonds is 6. The Morgan fingerprint density at radius 2 is 0.721 bits per heavy atom. The third kappa shape index (κ3) is 6.68. The first-order chi connectivity index (χ1) is 33.6. The molecular formula is C63H40N2O3. The van der Waals surface area contributed by atoms with E-state index in [0.717, 1.165) is 112 Å². The highest BCUT2D eigenvalue weighted by molar-refractivity contribution is 6.05. The number of nitrogens with zero attached hydrogens (tertiary/aromatic N) is 2. The van der Waals surface area contributed by atoms with Crippen molar-refractivity contribution in [3.63, 3.8) is 0 Å². The molecule has 0 saturated heterocycles. The number of hydrogen-bond donors (Lipinski definition) is 0. The van der Waals surface area contributed by atoms with Crippen LogP contribution in [0.15, 0.2) is 247 Å². The molecule has 0 fully saturated rings. The van der Waals surface area contributed by atoms with E-state index in [2.05, 4.69) is 174 Å². The minimum absolute atomic E-state index is 0.0546. The molecule has 0 spiro atoms. The van der Waals surface area contributed by atoms with Crippen LogP contribution in [-0.4, -0.2) is 0 Å². The zero-order chi connectivity index (χ0) is 45.1. The molecule has 2 aliphatic heterocycles. The van der Waals surface area contributed by atoms with E-state index in [0.29, 0.717) is 10.8 Å². The van der Waals surface area contributed by atoms with Gasteiger partial charge in [-0.15, -0.1) is 0 Å². The molecule has 2 aliphatic rings. The predicted molar refractivity (Wildman–Crippen MR) is 279 cm³/mol. The molecule has 320 valence electrons. The Morgan fingerprint density at radius 1 is 0.265 bits per heavy atom. The summed E-state index contributed by atoms with van der Waals surface area (Å²) in [7, 11) is 0. The Kier molecular flexibility index (Phi) is 9.25. The molecule has 13 rings (SSSR count). The molecule has 0 atom stereocenters. The summed E-state index contributed by atoms with van der Waals surface area (Å²) >= 11 is 0. The van der Waals surface area contributed by atoms with E-state index in [1.807, 2.05) is 78.9 Å². The van der Waals surface area contributed by atoms with Gasteiger partial charge in [-0.3, -0.25) is 4.79 Å². The van der Waals surface area contributed by atoms with Crippen molar-refractivity contribution in [3.05, 3.63) is 253 Å². The number of hydrogen-bond acceptors (Lipinski definition) is 5. The lowest BCUT2D eigenvalue weighted by atomic mass is 10.00. The maximum absolute atomic E-state index is 15.3. The highest BCUT2D eigenvalue weighted by Crippen LogP contribution is 2.55. The van der Waals surface area contributed by atoms with Gasteiger partial charge in [0.05, 0.1) is 28.4 Å². The highest BCUT2D eigenvalue weighted by Gasteiger charge is 2.30. The van der Waals surface area contributed by atoms with Gasteiger partial charge >= 0.3 is 0 Å². The van der Waals surface area contributed by atoms with Crippen LogP contribution in [0.2, 0.25) is 0 Å². The van der Waals surface area contributed by atoms with Crippen LogP contribution >= 0.6 is 0 Å². The quantitative estimate of drug-likeness (QED) is 0.166. The summed E-state index contributed by atoms with van der Waals surface area (Å²) in [6, 6.07) is 83.3. The van der Waals surface area contributed by atoms with Gasteiger partial charge in [0.25, 0.3) is 0 Å². The molecular weight excluding hydrogens is 833 g/mol. The molecule has 0 N–H and O–H groups in total. The van der Waals surface area contributed by atoms with Gasteiger partial charge in [0, 0.05) is 21.8 Å². The fraction of sp³-hybridized carbons (Fsp3) is 0. The average molecular weight is 873 g/mol. The van der Waals surface area contributed by atoms with E-state index < -0.39 is 0 Å². The van der Waals surface area contributed by atoms with Crippen LogP contribution in [0.5, 0.6) is 23.0 Å². The SMILES string of the molecule is O=c1c2cc(N3c4ccc(-c5ccccc5)cc4Oc4cc(-c5ccccc5)ccc43)ccc2ccc2c(N3c4cc(-c5ccccc5)ccc4Oc4ccc(-c5ccccc5)cc43)cccc12. The third-order valence-corrected chi connectivity index (χ3v) is 13.2. The maximum atomic E-state index is 15.3. The Morgan fingerprint density at radius 3 is 1.24 bits per heavy atom. The Labute approximate surface area is 393 Å². The summed E-state index contributed by atoms with van der Waals surface area (Å²) in [5.41, 5.74) is 13.9. The van der Waals surface area contributed by atoms with Crippen LogP contribution in [0.25, 0.3) is 66.1 Å². The molecule has 0 unspecified atom stereocenters. The summed E-state index contributed by atoms with van der Waals surface area (Å²) in [5.74, 6) is 2.93. The van der Waals surface area contributed by atoms with Gasteiger partial charge in [-0.1, -0.05) is 176 Å². The van der Waals surface area contributed by atoms with Crippen molar-refractivity contribution in [1.29, 1.82) is 0 Å². The Hall–Kier alpha value is -9.19. The molecule has 2 heterocycles. The summed E-state index contributed by atoms with van der Waals surface area (Å²) in [4.78, 5) is 19.8. The molecule has 0 amide bonds. The topological polar surface area (TPSA) is 42.0 Å². The lowest BCUT2D eigenvalue weighted by Gasteiger charge is -2.34. The minimum atomic E-state index is -0.0546. The van der Waals surface area contributed by atoms with Crippen molar-refractivity contribution >= 4 is 55.7 Å². The van der Waals surface area contributed by atoms with Crippen molar-refractivity contribution < 1.29 is 9.47 Å². The molecule has 11 aromatic carbocycles. The fourth-order valence-corrected chi connectivity index (χ4v) is 9.86. The predicted octanol–water partition coefficient (Wildman–Crippen LogP) is 17.2. The lowest BCUT2D eigenvalue weighted by molar-refractivity contribution is 0.477. The molecule has 5 heteroatoms. The van der Waals surface area contributed by atoms with Gasteiger partial charge in [0.15, 0.2) is 28.4 Å². The zero-order valence-corrected chi connectivity index (χ0v) is 36.7. The van der Waals surface area contributed by atoms with E-state index in [-0.39, 0.29) is 5.43 Å². The van der Waals surface area contributed by atoms with Crippen LogP contribution in [0.4, 0.5) is 34.1 Å². The van der Waals surface area contributed by atoms with Gasteiger partial charge in [-0.2, -0.15) is 0 Å². The minimum Gasteiger partial charge on any atom is -0.453 e. The molecule has 0 saturated carbocycles. The van der Waals surface area contributed by atoms with Crippen molar-refractivity contribution in [3.8, 4) is 67.5 Å². The second-order valence-electron chi connectivity index (χ2n) is 17.2. The molecule has 68 heavy (non-hydrogen) atoms. The van der Waals surface area contributed by atoms with Gasteiger partial charge < -0.3 is 19.3 Å². The number of ether oxygens (including phenoxy) is 2. The van der Waals surface area contributed by atoms with Crippen LogP contribution < -0.4 is 24.7 Å². The molecule has 0 aliphatic carbocycles. The number of benzene rings is 10. The molecule has 0 aromatic heterocycles. The van der Waals surface area contributed by atoms with Crippen LogP contribution in [-0.2, 0) is 0 Å². The van der Waals surface area contributed by atoms with Crippen molar-refractivity contribution in [2.75, 3.05) is 9.80 Å². The summed E-state index contributed by atoms with van der Waals surface area (Å²) in [5, 5.41) is 2.90. The Bertz CT molecular complexity index is 3640. The monoisotopic (exact) mass is 872 g/mol. The zero-order valence-electron chi connectivity index (χ0n) is 36.7. The average Bonchev–Trinajstić information content (AvgIpc) is 3.55. The van der Waals surface area contributed by atoms with E-state index in [4.69, 9.17) is 9.47 Å². The largest absolute Gasteiger partial charge is 0.453 e. The Balaban J connectivity index is 0.989. The van der Waals surface area contributed by atoms with Crippen molar-refractivity contribution in [2.45, 2.75) is 0 Å². The third-order valence-electron chi connectivity index (χ3n) is 13.2. The number of anilines is 6. The molecule has 0 bridgehead atoms. The summed E-state index contributed by atoms with van der Waals surface area (Å²) in [6.07, 6.45) is 0. The maximum Gasteiger partial charge on any atom is 0.194 e. The van der Waals surface area contributed by atoms with Gasteiger partial charge in [0.2, 0.25) is 0 Å². The first-order valence-corrected chi connectivity index (χ1v) is 22.8. The second-order valence-corrected chi connectivity index (χ2v) is 17.2. The van der Waals surface area contributed by atoms with E-state index in [1.165, 1.54) is 0 Å². The molecule has 0 radical (unpaired) electrons. The molecule has 11 aromatic rings. The van der Waals surface area contributed by atoms with Crippen molar-refractivity contribution in [2.24, 2.45) is 0 Å². The van der Waals surface area contributed by atoms with E-state index in [1.54, 1.807) is 0 Å². The standard InChI is InChI=1S/C63H40N2O3/c66-63-52-22-13-23-54(65-57-36-46(41-14-5-1-6-15-41)28-34-59(57)67-60-35-29-47(37-58(60)65)42-16-7-2-8-17-42)51(52)31-25-45-24-30-50(40-53(45)63)64-55-32-26-48(43-18-9-3-10-19-43)38-61(55)68-62-39-49(27-33-56(62)64)44-20-11-4-12-21-44/h1-40H. The van der Waals surface area contributed by atoms with E-state index >= 15 is 4.79 Å². The summed E-state index contributed by atoms with van der Waals surface area (Å²) in [6.45, 7) is 0. The molecule has 5 nitrogen and oxygen atoms in total. The van der Waals surface area contributed by atoms with Gasteiger partial charge in [-0.05, 0) is 117 Å². The van der Waals surface area contributed by atoms with Crippen LogP contribution in [0.3, 0.4) is 0 Å². The van der Waals surface area contributed by atoms with E-state index in [9.17, 15) is 0 Å². The smallest absolute Gasteiger partial charge is 0.194 e. The van der Waals surface area contributed by atoms with Gasteiger partial charge in [-0.25, -0.2) is 0 Å². The summed E-state index contributed by atoms with van der Waals surface area (Å²) < 4.78 is 13.5. The van der Waals surface area contributed by atoms with Crippen LogP contribution in [0.1, 0.15) is 0 Å². The lowest BCUT2D eigenvalue weighted by Crippen LogP contribution is -2.17. The van der Waals surface area contributed by atoms with Crippen LogP contribution in [0, 0.1) is 0 Å². The fourth-order valence-electron chi connectivity index (χ4n) is 9.86. The second kappa shape index (κ2) is 16.1. The number of fused-ring (bicyclic) bond motifs is 6. The van der Waals surface area contributed by atoms with Gasteiger partial charge in [0.1, 0.15) is 0 Å². The highest BCUT2D eigenvalue weighted by atomic mass is 16.5. The first-order valence-electron chi connectivity index (χ1n) is 22.8. The normalized spacial score (nSPS) is 12.4. The first kappa shape index (κ1) is 39.2.